The largest absolute Gasteiger partial charge is 0.478 e. The maximum Gasteiger partial charge on any atom is 0.338 e. The van der Waals surface area contributed by atoms with E-state index in [4.69, 9.17) is 5.11 Å². The van der Waals surface area contributed by atoms with E-state index >= 15 is 0 Å². The van der Waals surface area contributed by atoms with Gasteiger partial charge in [0.1, 0.15) is 0 Å². The van der Waals surface area contributed by atoms with Crippen LogP contribution in [0.2, 0.25) is 0 Å². The van der Waals surface area contributed by atoms with Gasteiger partial charge in [0.25, 0.3) is 0 Å². The third kappa shape index (κ3) is 3.15. The summed E-state index contributed by atoms with van der Waals surface area (Å²) in [5.74, 6) is -3.62. The first-order chi connectivity index (χ1) is 7.97. The number of rotatable bonds is 5. The number of hydrogen-bond acceptors (Lipinski definition) is 2. The van der Waals surface area contributed by atoms with Crippen LogP contribution in [0.1, 0.15) is 30.6 Å². The number of nitrogens with one attached hydrogen (secondary N) is 1. The Hall–Kier alpha value is -1.65. The van der Waals surface area contributed by atoms with Crippen LogP contribution in [0.15, 0.2) is 12.1 Å². The molecule has 0 aliphatic carbocycles. The Morgan fingerprint density at radius 2 is 2.06 bits per heavy atom. The molecule has 0 heterocycles. The minimum absolute atomic E-state index is 0.00667. The van der Waals surface area contributed by atoms with Crippen molar-refractivity contribution in [3.63, 3.8) is 0 Å². The highest BCUT2D eigenvalue weighted by atomic mass is 19.2. The monoisotopic (exact) mass is 243 g/mol. The van der Waals surface area contributed by atoms with E-state index in [2.05, 4.69) is 5.32 Å². The highest BCUT2D eigenvalue weighted by Crippen LogP contribution is 2.21. The lowest BCUT2D eigenvalue weighted by Crippen LogP contribution is -2.13. The molecule has 2 N–H and O–H groups in total. The molecule has 1 aromatic rings. The predicted molar refractivity (Wildman–Crippen MR) is 61.3 cm³/mol. The molecular weight excluding hydrogens is 228 g/mol. The summed E-state index contributed by atoms with van der Waals surface area (Å²) in [5.41, 5.74) is -0.663. The molecular formula is C12H15F2NO2. The Kier molecular flexibility index (Phi) is 4.43. The lowest BCUT2D eigenvalue weighted by atomic mass is 10.1. The molecule has 1 aromatic carbocycles. The van der Waals surface area contributed by atoms with Crippen molar-refractivity contribution in [3.8, 4) is 0 Å². The van der Waals surface area contributed by atoms with E-state index < -0.39 is 23.2 Å². The fraction of sp³-hybridized carbons (Fsp3) is 0.417. The van der Waals surface area contributed by atoms with Crippen molar-refractivity contribution in [1.82, 2.24) is 0 Å². The summed E-state index contributed by atoms with van der Waals surface area (Å²) in [7, 11) is 0. The summed E-state index contributed by atoms with van der Waals surface area (Å²) in [6.07, 6.45) is 0.921. The molecule has 1 atom stereocenters. The van der Waals surface area contributed by atoms with Gasteiger partial charge in [0.2, 0.25) is 0 Å². The van der Waals surface area contributed by atoms with Crippen molar-refractivity contribution in [2.45, 2.75) is 20.3 Å². The zero-order valence-electron chi connectivity index (χ0n) is 9.76. The van der Waals surface area contributed by atoms with Crippen molar-refractivity contribution in [1.29, 1.82) is 0 Å². The summed E-state index contributed by atoms with van der Waals surface area (Å²) >= 11 is 0. The van der Waals surface area contributed by atoms with Crippen LogP contribution >= 0.6 is 0 Å². The van der Waals surface area contributed by atoms with Gasteiger partial charge in [0, 0.05) is 6.54 Å². The van der Waals surface area contributed by atoms with Gasteiger partial charge in [-0.3, -0.25) is 0 Å². The maximum atomic E-state index is 13.5. The van der Waals surface area contributed by atoms with Crippen molar-refractivity contribution < 1.29 is 18.7 Å². The average Bonchev–Trinajstić information content (AvgIpc) is 2.30. The van der Waals surface area contributed by atoms with Gasteiger partial charge in [-0.25, -0.2) is 13.6 Å². The van der Waals surface area contributed by atoms with Gasteiger partial charge in [-0.1, -0.05) is 20.3 Å². The standard InChI is InChI=1S/C12H15F2NO2/c1-3-7(2)6-15-9-5-4-8(12(16)17)10(13)11(9)14/h4-5,7,15H,3,6H2,1-2H3,(H,16,17). The van der Waals surface area contributed by atoms with Gasteiger partial charge in [-0.15, -0.1) is 0 Å². The predicted octanol–water partition coefficient (Wildman–Crippen LogP) is 3.12. The number of benzene rings is 1. The second-order valence-electron chi connectivity index (χ2n) is 3.99. The van der Waals surface area contributed by atoms with Crippen LogP contribution in [0, 0.1) is 17.6 Å². The van der Waals surface area contributed by atoms with Crippen LogP contribution in [0.4, 0.5) is 14.5 Å². The lowest BCUT2D eigenvalue weighted by Gasteiger charge is -2.12. The Bertz CT molecular complexity index is 421. The molecule has 1 unspecified atom stereocenters. The Morgan fingerprint density at radius 3 is 2.59 bits per heavy atom. The van der Waals surface area contributed by atoms with Gasteiger partial charge < -0.3 is 10.4 Å². The van der Waals surface area contributed by atoms with Crippen molar-refractivity contribution in [2.75, 3.05) is 11.9 Å². The number of carbonyl (C=O) groups is 1. The van der Waals surface area contributed by atoms with E-state index in [1.165, 1.54) is 6.07 Å². The molecule has 0 bridgehead atoms. The van der Waals surface area contributed by atoms with Crippen LogP contribution in [-0.2, 0) is 0 Å². The molecule has 3 nitrogen and oxygen atoms in total. The van der Waals surface area contributed by atoms with E-state index in [0.29, 0.717) is 12.5 Å². The molecule has 17 heavy (non-hydrogen) atoms. The lowest BCUT2D eigenvalue weighted by molar-refractivity contribution is 0.0690. The minimum atomic E-state index is -1.48. The minimum Gasteiger partial charge on any atom is -0.478 e. The molecule has 0 radical (unpaired) electrons. The fourth-order valence-corrected chi connectivity index (χ4v) is 1.28. The average molecular weight is 243 g/mol. The zero-order chi connectivity index (χ0) is 13.0. The van der Waals surface area contributed by atoms with Gasteiger partial charge in [-0.2, -0.15) is 0 Å². The summed E-state index contributed by atoms with van der Waals surface area (Å²) in [5, 5.41) is 11.4. The molecule has 0 aliphatic heterocycles. The van der Waals surface area contributed by atoms with E-state index in [1.807, 2.05) is 13.8 Å². The molecule has 0 spiro atoms. The second-order valence-corrected chi connectivity index (χ2v) is 3.99. The summed E-state index contributed by atoms with van der Waals surface area (Å²) in [6, 6.07) is 2.30. The van der Waals surface area contributed by atoms with Crippen LogP contribution < -0.4 is 5.32 Å². The molecule has 0 amide bonds. The van der Waals surface area contributed by atoms with Crippen molar-refractivity contribution in [2.24, 2.45) is 5.92 Å². The molecule has 0 saturated heterocycles. The normalized spacial score (nSPS) is 12.2. The highest BCUT2D eigenvalue weighted by Gasteiger charge is 2.17. The van der Waals surface area contributed by atoms with E-state index in [1.54, 1.807) is 0 Å². The summed E-state index contributed by atoms with van der Waals surface area (Å²) in [6.45, 7) is 4.49. The Labute approximate surface area is 98.5 Å². The van der Waals surface area contributed by atoms with Crippen LogP contribution in [-0.4, -0.2) is 17.6 Å². The Balaban J connectivity index is 2.89. The number of carboxylic acid groups (broad SMARTS) is 1. The van der Waals surface area contributed by atoms with Crippen molar-refractivity contribution >= 4 is 11.7 Å². The van der Waals surface area contributed by atoms with Gasteiger partial charge in [0.15, 0.2) is 11.6 Å². The number of anilines is 1. The molecule has 0 saturated carbocycles. The molecule has 0 fully saturated rings. The number of aromatic carboxylic acids is 1. The second kappa shape index (κ2) is 5.61. The van der Waals surface area contributed by atoms with Crippen LogP contribution in [0.25, 0.3) is 0 Å². The third-order valence-electron chi connectivity index (χ3n) is 2.65. The molecule has 0 aliphatic rings. The maximum absolute atomic E-state index is 13.5. The highest BCUT2D eigenvalue weighted by molar-refractivity contribution is 5.88. The summed E-state index contributed by atoms with van der Waals surface area (Å²) in [4.78, 5) is 10.6. The van der Waals surface area contributed by atoms with Gasteiger partial charge in [-0.05, 0) is 18.1 Å². The molecule has 1 rings (SSSR count). The van der Waals surface area contributed by atoms with Crippen molar-refractivity contribution in [3.05, 3.63) is 29.3 Å². The fourth-order valence-electron chi connectivity index (χ4n) is 1.28. The first-order valence-electron chi connectivity index (χ1n) is 5.42. The van der Waals surface area contributed by atoms with Gasteiger partial charge >= 0.3 is 5.97 Å². The number of carboxylic acids is 1. The number of hydrogen-bond donors (Lipinski definition) is 2. The van der Waals surface area contributed by atoms with Crippen LogP contribution in [0.3, 0.4) is 0 Å². The van der Waals surface area contributed by atoms with Gasteiger partial charge in [0.05, 0.1) is 11.3 Å². The van der Waals surface area contributed by atoms with Crippen LogP contribution in [0.5, 0.6) is 0 Å². The molecule has 94 valence electrons. The SMILES string of the molecule is CCC(C)CNc1ccc(C(=O)O)c(F)c1F. The number of halogens is 2. The first-order valence-corrected chi connectivity index (χ1v) is 5.42. The smallest absolute Gasteiger partial charge is 0.338 e. The van der Waals surface area contributed by atoms with E-state index in [-0.39, 0.29) is 5.69 Å². The quantitative estimate of drug-likeness (QED) is 0.835. The Morgan fingerprint density at radius 1 is 1.41 bits per heavy atom. The summed E-state index contributed by atoms with van der Waals surface area (Å²) < 4.78 is 26.8. The first kappa shape index (κ1) is 13.4. The molecule has 5 heteroatoms. The zero-order valence-corrected chi connectivity index (χ0v) is 9.76. The topological polar surface area (TPSA) is 49.3 Å². The third-order valence-corrected chi connectivity index (χ3v) is 2.65. The van der Waals surface area contributed by atoms with E-state index in [9.17, 15) is 13.6 Å². The van der Waals surface area contributed by atoms with E-state index in [0.717, 1.165) is 12.5 Å². The molecule has 0 aromatic heterocycles.